The van der Waals surface area contributed by atoms with E-state index in [2.05, 4.69) is 4.85 Å². The molecule has 12 heavy (non-hydrogen) atoms. The van der Waals surface area contributed by atoms with Crippen LogP contribution < -0.4 is 24.0 Å². The molecule has 1 aromatic carbocycles. The largest absolute Gasteiger partial charge is 1.00 e. The summed E-state index contributed by atoms with van der Waals surface area (Å²) in [5, 5.41) is 11.0. The van der Waals surface area contributed by atoms with E-state index in [1.165, 1.54) is 0 Å². The van der Waals surface area contributed by atoms with Crippen LogP contribution in [-0.4, -0.2) is 0 Å². The summed E-state index contributed by atoms with van der Waals surface area (Å²) in [4.78, 5) is 2.89. The van der Waals surface area contributed by atoms with E-state index in [9.17, 15) is 5.11 Å². The monoisotopic (exact) mass is 151 g/mol. The van der Waals surface area contributed by atoms with Crippen molar-refractivity contribution in [2.45, 2.75) is 0 Å². The van der Waals surface area contributed by atoms with Gasteiger partial charge in [0.25, 0.3) is 0 Å². The second kappa shape index (κ2) is 5.49. The van der Waals surface area contributed by atoms with Crippen LogP contribution in [0, 0.1) is 6.57 Å². The second-order valence-corrected chi connectivity index (χ2v) is 1.99. The molecular formula is C9H6LiNO. The van der Waals surface area contributed by atoms with Gasteiger partial charge in [-0.1, -0.05) is 30.3 Å². The molecule has 0 atom stereocenters. The fraction of sp³-hybridized carbons (Fsp3) is 0. The van der Waals surface area contributed by atoms with Crippen molar-refractivity contribution in [2.75, 3.05) is 0 Å². The summed E-state index contributed by atoms with van der Waals surface area (Å²) in [5.74, 6) is -0.236. The Morgan fingerprint density at radius 3 is 2.42 bits per heavy atom. The maximum atomic E-state index is 11.0. The predicted molar refractivity (Wildman–Crippen MR) is 41.0 cm³/mol. The number of nitrogens with zero attached hydrogens (tertiary/aromatic N) is 1. The van der Waals surface area contributed by atoms with E-state index in [1.807, 2.05) is 6.07 Å². The first-order valence-electron chi connectivity index (χ1n) is 3.14. The molecule has 0 heterocycles. The molecule has 1 rings (SSSR count). The summed E-state index contributed by atoms with van der Waals surface area (Å²) < 4.78 is 0. The molecule has 0 unspecified atom stereocenters. The second-order valence-electron chi connectivity index (χ2n) is 1.99. The zero-order chi connectivity index (χ0) is 8.10. The molecule has 0 bridgehead atoms. The molecule has 0 N–H and O–H groups in total. The Hall–Kier alpha value is -1.15. The number of hydrogen-bond acceptors (Lipinski definition) is 1. The number of rotatable bonds is 1. The molecule has 0 aliphatic rings. The summed E-state index contributed by atoms with van der Waals surface area (Å²) in [6.07, 6.45) is 0.981. The van der Waals surface area contributed by atoms with Crippen molar-refractivity contribution in [3.63, 3.8) is 0 Å². The maximum absolute atomic E-state index is 11.0. The molecule has 1 aromatic rings. The van der Waals surface area contributed by atoms with Gasteiger partial charge in [0.05, 0.1) is 6.57 Å². The van der Waals surface area contributed by atoms with E-state index in [1.54, 1.807) is 24.3 Å². The molecule has 3 heteroatoms. The van der Waals surface area contributed by atoms with Crippen LogP contribution in [0.15, 0.2) is 36.5 Å². The van der Waals surface area contributed by atoms with Crippen LogP contribution in [0.5, 0.6) is 0 Å². The average Bonchev–Trinajstić information content (AvgIpc) is 2.07. The molecular weight excluding hydrogens is 145 g/mol. The van der Waals surface area contributed by atoms with Gasteiger partial charge in [-0.15, -0.1) is 5.76 Å². The third kappa shape index (κ3) is 2.84. The van der Waals surface area contributed by atoms with Gasteiger partial charge in [-0.05, 0) is 5.56 Å². The summed E-state index contributed by atoms with van der Waals surface area (Å²) in [6, 6.07) is 8.73. The zero-order valence-electron chi connectivity index (χ0n) is 6.82. The quantitative estimate of drug-likeness (QED) is 0.266. The summed E-state index contributed by atoms with van der Waals surface area (Å²) in [7, 11) is 0. The first kappa shape index (κ1) is 10.8. The van der Waals surface area contributed by atoms with E-state index >= 15 is 0 Å². The topological polar surface area (TPSA) is 27.4 Å². The van der Waals surface area contributed by atoms with Gasteiger partial charge in [-0.2, -0.15) is 0 Å². The molecule has 2 nitrogen and oxygen atoms in total. The SMILES string of the molecule is [C-]#[N+]C=C([O-])c1ccccc1.[Li+]. The molecule has 0 radical (unpaired) electrons. The number of benzene rings is 1. The van der Waals surface area contributed by atoms with Gasteiger partial charge < -0.3 is 5.11 Å². The van der Waals surface area contributed by atoms with Gasteiger partial charge in [0.15, 0.2) is 0 Å². The van der Waals surface area contributed by atoms with Crippen LogP contribution in [-0.2, 0) is 0 Å². The summed E-state index contributed by atoms with van der Waals surface area (Å²) in [6.45, 7) is 6.43. The molecule has 0 aliphatic carbocycles. The van der Waals surface area contributed by atoms with Crippen LogP contribution in [0.2, 0.25) is 0 Å². The Morgan fingerprint density at radius 1 is 1.33 bits per heavy atom. The fourth-order valence-corrected chi connectivity index (χ4v) is 0.736. The van der Waals surface area contributed by atoms with E-state index < -0.39 is 0 Å². The van der Waals surface area contributed by atoms with Crippen LogP contribution in [0.4, 0.5) is 0 Å². The Kier molecular flexibility index (Phi) is 4.96. The number of hydrogen-bond donors (Lipinski definition) is 0. The average molecular weight is 151 g/mol. The Morgan fingerprint density at radius 2 is 1.92 bits per heavy atom. The minimum atomic E-state index is -0.236. The molecule has 0 fully saturated rings. The summed E-state index contributed by atoms with van der Waals surface area (Å²) in [5.41, 5.74) is 0.559. The normalized spacial score (nSPS) is 9.75. The molecule has 0 amide bonds. The van der Waals surface area contributed by atoms with Crippen LogP contribution in [0.1, 0.15) is 5.56 Å². The van der Waals surface area contributed by atoms with Crippen molar-refractivity contribution in [3.05, 3.63) is 53.5 Å². The molecule has 0 aliphatic heterocycles. The van der Waals surface area contributed by atoms with E-state index in [0.717, 1.165) is 6.20 Å². The van der Waals surface area contributed by atoms with Gasteiger partial charge in [-0.25, -0.2) is 4.85 Å². The minimum absolute atomic E-state index is 0. The standard InChI is InChI=1S/C9H7NO.Li/c1-10-7-9(11)8-5-3-2-4-6-8;/h2-7,11H;/q;+1/p-1. The first-order chi connectivity index (χ1) is 5.34. The van der Waals surface area contributed by atoms with Crippen molar-refractivity contribution in [2.24, 2.45) is 0 Å². The van der Waals surface area contributed by atoms with Gasteiger partial charge >= 0.3 is 18.9 Å². The van der Waals surface area contributed by atoms with E-state index in [0.29, 0.717) is 5.56 Å². The summed E-state index contributed by atoms with van der Waals surface area (Å²) >= 11 is 0. The van der Waals surface area contributed by atoms with Crippen LogP contribution in [0.3, 0.4) is 0 Å². The third-order valence-electron chi connectivity index (χ3n) is 1.24. The van der Waals surface area contributed by atoms with Crippen molar-refractivity contribution >= 4 is 5.76 Å². The Labute approximate surface area is 83.5 Å². The molecule has 0 spiro atoms. The van der Waals surface area contributed by atoms with Gasteiger partial charge in [0, 0.05) is 0 Å². The fourth-order valence-electron chi connectivity index (χ4n) is 0.736. The van der Waals surface area contributed by atoms with Crippen LogP contribution in [0.25, 0.3) is 10.6 Å². The van der Waals surface area contributed by atoms with Gasteiger partial charge in [-0.3, -0.25) is 0 Å². The molecule has 0 aromatic heterocycles. The van der Waals surface area contributed by atoms with E-state index in [-0.39, 0.29) is 24.6 Å². The first-order valence-corrected chi connectivity index (χ1v) is 3.14. The smallest absolute Gasteiger partial charge is 0.881 e. The predicted octanol–water partition coefficient (Wildman–Crippen LogP) is -1.73. The molecule has 54 valence electrons. The van der Waals surface area contributed by atoms with Gasteiger partial charge in [0.2, 0.25) is 0 Å². The molecule has 0 saturated heterocycles. The Bertz CT molecular complexity index is 300. The molecule has 0 saturated carbocycles. The minimum Gasteiger partial charge on any atom is -0.881 e. The van der Waals surface area contributed by atoms with Gasteiger partial charge in [0.1, 0.15) is 6.20 Å². The van der Waals surface area contributed by atoms with Crippen molar-refractivity contribution in [1.82, 2.24) is 0 Å². The van der Waals surface area contributed by atoms with Crippen molar-refractivity contribution < 1.29 is 24.0 Å². The van der Waals surface area contributed by atoms with Crippen molar-refractivity contribution in [1.29, 1.82) is 0 Å². The van der Waals surface area contributed by atoms with Crippen molar-refractivity contribution in [3.8, 4) is 0 Å². The third-order valence-corrected chi connectivity index (χ3v) is 1.24. The van der Waals surface area contributed by atoms with E-state index in [4.69, 9.17) is 6.57 Å². The zero-order valence-corrected chi connectivity index (χ0v) is 6.82. The Balaban J connectivity index is 0.00000121. The maximum Gasteiger partial charge on any atom is 1.00 e. The van der Waals surface area contributed by atoms with Crippen LogP contribution >= 0.6 is 0 Å².